The van der Waals surface area contributed by atoms with Crippen molar-refractivity contribution < 1.29 is 0 Å². The van der Waals surface area contributed by atoms with Crippen molar-refractivity contribution in [2.75, 3.05) is 0 Å². The van der Waals surface area contributed by atoms with Gasteiger partial charge in [-0.1, -0.05) is 11.6 Å². The van der Waals surface area contributed by atoms with E-state index >= 15 is 0 Å². The van der Waals surface area contributed by atoms with Gasteiger partial charge in [-0.3, -0.25) is 0 Å². The first kappa shape index (κ1) is 11.7. The number of nitrogens with zero attached hydrogens (tertiary/aromatic N) is 1. The second kappa shape index (κ2) is 4.69. The predicted molar refractivity (Wildman–Crippen MR) is 74.1 cm³/mol. The van der Waals surface area contributed by atoms with E-state index in [1.54, 1.807) is 22.7 Å². The van der Waals surface area contributed by atoms with Crippen molar-refractivity contribution >= 4 is 34.3 Å². The summed E-state index contributed by atoms with van der Waals surface area (Å²) in [5, 5.41) is 6.83. The maximum Gasteiger partial charge on any atom is 0.0934 e. The summed E-state index contributed by atoms with van der Waals surface area (Å²) in [6, 6.07) is 2.56. The van der Waals surface area contributed by atoms with E-state index in [9.17, 15) is 0 Å². The molecule has 90 valence electrons. The summed E-state index contributed by atoms with van der Waals surface area (Å²) in [4.78, 5) is 5.91. The minimum atomic E-state index is 0.454. The van der Waals surface area contributed by atoms with Crippen LogP contribution in [-0.4, -0.2) is 4.98 Å². The van der Waals surface area contributed by atoms with Crippen LogP contribution in [0, 0.1) is 6.92 Å². The Labute approximate surface area is 114 Å². The molecule has 2 aromatic heterocycles. The quantitative estimate of drug-likeness (QED) is 0.923. The van der Waals surface area contributed by atoms with E-state index in [2.05, 4.69) is 21.7 Å². The molecule has 1 aliphatic rings. The lowest BCUT2D eigenvalue weighted by molar-refractivity contribution is 0.526. The number of aryl methyl sites for hydroxylation is 2. The van der Waals surface area contributed by atoms with Gasteiger partial charge < -0.3 is 5.32 Å². The van der Waals surface area contributed by atoms with E-state index in [-0.39, 0.29) is 0 Å². The van der Waals surface area contributed by atoms with Crippen molar-refractivity contribution in [3.8, 4) is 0 Å². The molecule has 0 aliphatic heterocycles. The van der Waals surface area contributed by atoms with Crippen LogP contribution in [0.4, 0.5) is 0 Å². The molecule has 1 atom stereocenters. The fourth-order valence-corrected chi connectivity index (χ4v) is 4.23. The van der Waals surface area contributed by atoms with E-state index in [0.29, 0.717) is 6.04 Å². The minimum Gasteiger partial charge on any atom is -0.304 e. The van der Waals surface area contributed by atoms with Crippen LogP contribution >= 0.6 is 34.3 Å². The highest BCUT2D eigenvalue weighted by atomic mass is 35.5. The molecule has 2 heterocycles. The van der Waals surface area contributed by atoms with Crippen LogP contribution in [0.1, 0.15) is 33.6 Å². The van der Waals surface area contributed by atoms with Gasteiger partial charge in [0.25, 0.3) is 0 Å². The molecule has 1 aliphatic carbocycles. The van der Waals surface area contributed by atoms with Crippen molar-refractivity contribution in [2.45, 2.75) is 32.4 Å². The predicted octanol–water partition coefficient (Wildman–Crippen LogP) is 3.94. The molecule has 2 aromatic rings. The second-order valence-corrected chi connectivity index (χ2v) is 7.09. The van der Waals surface area contributed by atoms with Gasteiger partial charge in [-0.15, -0.1) is 22.7 Å². The van der Waals surface area contributed by atoms with Crippen LogP contribution in [0.15, 0.2) is 11.4 Å². The van der Waals surface area contributed by atoms with Crippen LogP contribution in [0.2, 0.25) is 4.34 Å². The average molecular weight is 285 g/mol. The zero-order valence-corrected chi connectivity index (χ0v) is 11.9. The molecule has 2 nitrogen and oxygen atoms in total. The van der Waals surface area contributed by atoms with Gasteiger partial charge in [-0.2, -0.15) is 0 Å². The van der Waals surface area contributed by atoms with Crippen LogP contribution in [-0.2, 0) is 13.0 Å². The number of thiazole rings is 1. The maximum absolute atomic E-state index is 6.04. The summed E-state index contributed by atoms with van der Waals surface area (Å²) in [7, 11) is 0. The normalized spacial score (nSPS) is 18.6. The second-order valence-electron chi connectivity index (χ2n) is 4.26. The molecule has 0 fully saturated rings. The smallest absolute Gasteiger partial charge is 0.0934 e. The lowest BCUT2D eigenvalue weighted by atomic mass is 10.2. The standard InChI is InChI=1S/C12H13ClN2S2/c1-7-15-8(6-16-7)5-14-10-2-3-11-9(10)4-12(13)17-11/h4,6,10,14H,2-3,5H2,1H3. The molecule has 5 heteroatoms. The molecule has 1 N–H and O–H groups in total. The summed E-state index contributed by atoms with van der Waals surface area (Å²) in [6.45, 7) is 2.89. The third-order valence-corrected chi connectivity index (χ3v) is 5.21. The molecule has 0 amide bonds. The third-order valence-electron chi connectivity index (χ3n) is 3.04. The van der Waals surface area contributed by atoms with E-state index < -0.39 is 0 Å². The zero-order valence-electron chi connectivity index (χ0n) is 9.50. The third kappa shape index (κ3) is 2.40. The Morgan fingerprint density at radius 1 is 1.59 bits per heavy atom. The minimum absolute atomic E-state index is 0.454. The first-order valence-corrected chi connectivity index (χ1v) is 7.72. The van der Waals surface area contributed by atoms with Gasteiger partial charge >= 0.3 is 0 Å². The summed E-state index contributed by atoms with van der Waals surface area (Å²) in [5.41, 5.74) is 2.54. The van der Waals surface area contributed by atoms with Crippen LogP contribution < -0.4 is 5.32 Å². The van der Waals surface area contributed by atoms with Crippen molar-refractivity contribution in [1.82, 2.24) is 10.3 Å². The molecular formula is C12H13ClN2S2. The number of thiophene rings is 1. The molecule has 0 radical (unpaired) electrons. The molecule has 3 rings (SSSR count). The summed E-state index contributed by atoms with van der Waals surface area (Å²) >= 11 is 9.47. The van der Waals surface area contributed by atoms with Gasteiger partial charge in [-0.25, -0.2) is 4.98 Å². The highest BCUT2D eigenvalue weighted by Gasteiger charge is 2.24. The number of fused-ring (bicyclic) bond motifs is 1. The topological polar surface area (TPSA) is 24.9 Å². The van der Waals surface area contributed by atoms with Crippen molar-refractivity contribution in [3.63, 3.8) is 0 Å². The van der Waals surface area contributed by atoms with Crippen molar-refractivity contribution in [2.24, 2.45) is 0 Å². The summed E-state index contributed by atoms with van der Waals surface area (Å²) in [6.07, 6.45) is 2.34. The van der Waals surface area contributed by atoms with Gasteiger partial charge in [0.05, 0.1) is 15.0 Å². The van der Waals surface area contributed by atoms with Crippen LogP contribution in [0.25, 0.3) is 0 Å². The monoisotopic (exact) mass is 284 g/mol. The van der Waals surface area contributed by atoms with Gasteiger partial charge in [0.15, 0.2) is 0 Å². The lowest BCUT2D eigenvalue weighted by Gasteiger charge is -2.11. The summed E-state index contributed by atoms with van der Waals surface area (Å²) in [5.74, 6) is 0. The Balaban J connectivity index is 1.67. The highest BCUT2D eigenvalue weighted by molar-refractivity contribution is 7.16. The molecule has 17 heavy (non-hydrogen) atoms. The first-order valence-electron chi connectivity index (χ1n) is 5.65. The summed E-state index contributed by atoms with van der Waals surface area (Å²) < 4.78 is 0.908. The van der Waals surface area contributed by atoms with Crippen molar-refractivity contribution in [1.29, 1.82) is 0 Å². The van der Waals surface area contributed by atoms with E-state index in [4.69, 9.17) is 11.6 Å². The Morgan fingerprint density at radius 3 is 3.24 bits per heavy atom. The van der Waals surface area contributed by atoms with Gasteiger partial charge in [0, 0.05) is 22.8 Å². The number of halogens is 1. The zero-order chi connectivity index (χ0) is 11.8. The SMILES string of the molecule is Cc1nc(CNC2CCc3sc(Cl)cc32)cs1. The van der Waals surface area contributed by atoms with Gasteiger partial charge in [0.1, 0.15) is 0 Å². The fraction of sp³-hybridized carbons (Fsp3) is 0.417. The van der Waals surface area contributed by atoms with Gasteiger partial charge in [-0.05, 0) is 31.4 Å². The highest BCUT2D eigenvalue weighted by Crippen LogP contribution is 2.39. The Bertz CT molecular complexity index is 532. The van der Waals surface area contributed by atoms with Gasteiger partial charge in [0.2, 0.25) is 0 Å². The Kier molecular flexibility index (Phi) is 3.21. The van der Waals surface area contributed by atoms with E-state index in [1.165, 1.54) is 16.9 Å². The fourth-order valence-electron chi connectivity index (χ4n) is 2.26. The molecule has 1 unspecified atom stereocenters. The van der Waals surface area contributed by atoms with Crippen LogP contribution in [0.3, 0.4) is 0 Å². The van der Waals surface area contributed by atoms with E-state index in [0.717, 1.165) is 28.0 Å². The Hall–Kier alpha value is -0.420. The number of hydrogen-bond acceptors (Lipinski definition) is 4. The molecule has 0 saturated carbocycles. The largest absolute Gasteiger partial charge is 0.304 e. The number of rotatable bonds is 3. The molecule has 0 bridgehead atoms. The number of hydrogen-bond donors (Lipinski definition) is 1. The molecule has 0 spiro atoms. The van der Waals surface area contributed by atoms with E-state index in [1.807, 2.05) is 6.92 Å². The molecular weight excluding hydrogens is 272 g/mol. The Morgan fingerprint density at radius 2 is 2.47 bits per heavy atom. The van der Waals surface area contributed by atoms with Crippen molar-refractivity contribution in [3.05, 3.63) is 36.9 Å². The average Bonchev–Trinajstić information content (AvgIpc) is 2.92. The van der Waals surface area contributed by atoms with Crippen LogP contribution in [0.5, 0.6) is 0 Å². The molecule has 0 saturated heterocycles. The first-order chi connectivity index (χ1) is 8.22. The molecule has 0 aromatic carbocycles. The number of aromatic nitrogens is 1. The maximum atomic E-state index is 6.04. The lowest BCUT2D eigenvalue weighted by Crippen LogP contribution is -2.18. The number of nitrogens with one attached hydrogen (secondary N) is 1.